The van der Waals surface area contributed by atoms with Crippen LogP contribution in [-0.4, -0.2) is 34.8 Å². The van der Waals surface area contributed by atoms with Gasteiger partial charge in [-0.15, -0.1) is 12.4 Å². The van der Waals surface area contributed by atoms with Crippen LogP contribution in [0.1, 0.15) is 35.5 Å². The number of nitrogens with zero attached hydrogens (tertiary/aromatic N) is 2. The van der Waals surface area contributed by atoms with E-state index in [4.69, 9.17) is 0 Å². The molecule has 1 aromatic heterocycles. The van der Waals surface area contributed by atoms with Crippen LogP contribution < -0.4 is 10.6 Å². The lowest BCUT2D eigenvalue weighted by Crippen LogP contribution is -2.38. The highest BCUT2D eigenvalue weighted by Crippen LogP contribution is 2.10. The molecular weight excluding hydrogens is 312 g/mol. The predicted molar refractivity (Wildman–Crippen MR) is 95.2 cm³/mol. The molecule has 0 saturated carbocycles. The summed E-state index contributed by atoms with van der Waals surface area (Å²) in [5.41, 5.74) is 2.69. The second-order valence-electron chi connectivity index (χ2n) is 5.46. The Labute approximate surface area is 143 Å². The van der Waals surface area contributed by atoms with Crippen LogP contribution in [-0.2, 0) is 6.54 Å². The van der Waals surface area contributed by atoms with Crippen LogP contribution >= 0.6 is 12.4 Å². The number of hydrogen-bond acceptors (Lipinski definition) is 3. The largest absolute Gasteiger partial charge is 0.350 e. The van der Waals surface area contributed by atoms with E-state index >= 15 is 0 Å². The van der Waals surface area contributed by atoms with Gasteiger partial charge in [0.05, 0.1) is 18.3 Å². The van der Waals surface area contributed by atoms with Gasteiger partial charge < -0.3 is 10.6 Å². The Balaban J connectivity index is 0.00000264. The fraction of sp³-hybridized carbons (Fsp3) is 0.412. The number of rotatable bonds is 7. The number of carbonyl (C=O) groups excluding carboxylic acids is 1. The van der Waals surface area contributed by atoms with Crippen LogP contribution in [0.4, 0.5) is 0 Å². The first-order valence-electron chi connectivity index (χ1n) is 7.69. The quantitative estimate of drug-likeness (QED) is 0.816. The average molecular weight is 337 g/mol. The molecule has 1 aromatic carbocycles. The summed E-state index contributed by atoms with van der Waals surface area (Å²) >= 11 is 0. The monoisotopic (exact) mass is 336 g/mol. The van der Waals surface area contributed by atoms with E-state index in [0.29, 0.717) is 18.7 Å². The Morgan fingerprint density at radius 2 is 2.00 bits per heavy atom. The van der Waals surface area contributed by atoms with E-state index in [0.717, 1.165) is 12.2 Å². The van der Waals surface area contributed by atoms with Crippen molar-refractivity contribution in [3.05, 3.63) is 53.3 Å². The Morgan fingerprint density at radius 1 is 1.30 bits per heavy atom. The van der Waals surface area contributed by atoms with E-state index < -0.39 is 0 Å². The number of hydrogen-bond donors (Lipinski definition) is 2. The highest BCUT2D eigenvalue weighted by Gasteiger charge is 2.14. The summed E-state index contributed by atoms with van der Waals surface area (Å²) in [4.78, 5) is 12.2. The highest BCUT2D eigenvalue weighted by atomic mass is 35.5. The SMILES string of the molecule is CCN[C@H](C)CNC(=O)c1cnn(Cc2ccccc2)c1C.Cl. The third-order valence-corrected chi connectivity index (χ3v) is 3.64. The molecule has 126 valence electrons. The van der Waals surface area contributed by atoms with Crippen LogP contribution in [0.5, 0.6) is 0 Å². The van der Waals surface area contributed by atoms with Gasteiger partial charge in [-0.05, 0) is 26.0 Å². The Hall–Kier alpha value is -1.85. The summed E-state index contributed by atoms with van der Waals surface area (Å²) in [5, 5.41) is 10.6. The van der Waals surface area contributed by atoms with E-state index in [-0.39, 0.29) is 24.4 Å². The lowest BCUT2D eigenvalue weighted by Gasteiger charge is -2.13. The normalized spacial score (nSPS) is 11.6. The van der Waals surface area contributed by atoms with Gasteiger partial charge in [0.15, 0.2) is 0 Å². The summed E-state index contributed by atoms with van der Waals surface area (Å²) < 4.78 is 1.86. The van der Waals surface area contributed by atoms with Crippen molar-refractivity contribution in [3.63, 3.8) is 0 Å². The molecule has 0 aliphatic heterocycles. The second kappa shape index (κ2) is 9.33. The van der Waals surface area contributed by atoms with Crippen molar-refractivity contribution < 1.29 is 4.79 Å². The van der Waals surface area contributed by atoms with Gasteiger partial charge in [-0.25, -0.2) is 0 Å². The molecule has 23 heavy (non-hydrogen) atoms. The van der Waals surface area contributed by atoms with E-state index in [9.17, 15) is 4.79 Å². The summed E-state index contributed by atoms with van der Waals surface area (Å²) in [6, 6.07) is 10.4. The maximum absolute atomic E-state index is 12.2. The number of benzene rings is 1. The zero-order chi connectivity index (χ0) is 15.9. The third kappa shape index (κ3) is 5.37. The number of aromatic nitrogens is 2. The first-order valence-corrected chi connectivity index (χ1v) is 7.69. The predicted octanol–water partition coefficient (Wildman–Crippen LogP) is 2.39. The van der Waals surface area contributed by atoms with Crippen molar-refractivity contribution in [2.45, 2.75) is 33.4 Å². The summed E-state index contributed by atoms with van der Waals surface area (Å²) in [7, 11) is 0. The van der Waals surface area contributed by atoms with E-state index in [2.05, 4.69) is 41.7 Å². The molecule has 0 spiro atoms. The molecule has 0 radical (unpaired) electrons. The van der Waals surface area contributed by atoms with Gasteiger partial charge in [0.2, 0.25) is 0 Å². The van der Waals surface area contributed by atoms with Crippen LogP contribution in [0.15, 0.2) is 36.5 Å². The maximum Gasteiger partial charge on any atom is 0.254 e. The molecule has 1 heterocycles. The Bertz CT molecular complexity index is 612. The smallest absolute Gasteiger partial charge is 0.254 e. The van der Waals surface area contributed by atoms with Crippen molar-refractivity contribution in [1.82, 2.24) is 20.4 Å². The van der Waals surface area contributed by atoms with Crippen LogP contribution in [0, 0.1) is 6.92 Å². The maximum atomic E-state index is 12.2. The molecule has 0 unspecified atom stereocenters. The minimum Gasteiger partial charge on any atom is -0.350 e. The fourth-order valence-corrected chi connectivity index (χ4v) is 2.35. The Morgan fingerprint density at radius 3 is 2.65 bits per heavy atom. The van der Waals surface area contributed by atoms with Gasteiger partial charge in [0.25, 0.3) is 5.91 Å². The molecule has 2 rings (SSSR count). The van der Waals surface area contributed by atoms with Crippen molar-refractivity contribution in [1.29, 1.82) is 0 Å². The number of nitrogens with one attached hydrogen (secondary N) is 2. The van der Waals surface area contributed by atoms with Crippen molar-refractivity contribution in [2.75, 3.05) is 13.1 Å². The van der Waals surface area contributed by atoms with Gasteiger partial charge in [-0.3, -0.25) is 9.48 Å². The lowest BCUT2D eigenvalue weighted by molar-refractivity contribution is 0.0949. The van der Waals surface area contributed by atoms with E-state index in [1.165, 1.54) is 5.56 Å². The number of amides is 1. The highest BCUT2D eigenvalue weighted by molar-refractivity contribution is 5.95. The first kappa shape index (κ1) is 19.2. The van der Waals surface area contributed by atoms with Crippen LogP contribution in [0.2, 0.25) is 0 Å². The molecule has 0 fully saturated rings. The summed E-state index contributed by atoms with van der Waals surface area (Å²) in [6.45, 7) is 8.21. The molecule has 1 amide bonds. The molecule has 0 aliphatic rings. The second-order valence-corrected chi connectivity index (χ2v) is 5.46. The van der Waals surface area contributed by atoms with Crippen molar-refractivity contribution >= 4 is 18.3 Å². The summed E-state index contributed by atoms with van der Waals surface area (Å²) in [6.07, 6.45) is 1.64. The number of halogens is 1. The molecule has 0 aliphatic carbocycles. The average Bonchev–Trinajstić information content (AvgIpc) is 2.87. The molecule has 2 N–H and O–H groups in total. The molecular formula is C17H25ClN4O. The van der Waals surface area contributed by atoms with Crippen LogP contribution in [0.25, 0.3) is 0 Å². The van der Waals surface area contributed by atoms with Gasteiger partial charge in [-0.2, -0.15) is 5.10 Å². The molecule has 0 saturated heterocycles. The number of carbonyl (C=O) groups is 1. The topological polar surface area (TPSA) is 58.9 Å². The molecule has 1 atom stereocenters. The van der Waals surface area contributed by atoms with Gasteiger partial charge in [0.1, 0.15) is 0 Å². The van der Waals surface area contributed by atoms with Crippen molar-refractivity contribution in [2.24, 2.45) is 0 Å². The minimum absolute atomic E-state index is 0. The molecule has 0 bridgehead atoms. The van der Waals surface area contributed by atoms with Crippen LogP contribution in [0.3, 0.4) is 0 Å². The zero-order valence-corrected chi connectivity index (χ0v) is 14.7. The van der Waals surface area contributed by atoms with Gasteiger partial charge in [-0.1, -0.05) is 37.3 Å². The zero-order valence-electron chi connectivity index (χ0n) is 13.9. The lowest BCUT2D eigenvalue weighted by atomic mass is 10.2. The Kier molecular flexibility index (Phi) is 7.78. The molecule has 6 heteroatoms. The van der Waals surface area contributed by atoms with E-state index in [1.54, 1.807) is 6.20 Å². The van der Waals surface area contributed by atoms with Gasteiger partial charge in [0, 0.05) is 18.3 Å². The molecule has 2 aromatic rings. The first-order chi connectivity index (χ1) is 10.6. The van der Waals surface area contributed by atoms with Crippen molar-refractivity contribution in [3.8, 4) is 0 Å². The van der Waals surface area contributed by atoms with E-state index in [1.807, 2.05) is 29.8 Å². The van der Waals surface area contributed by atoms with Gasteiger partial charge >= 0.3 is 0 Å². The standard InChI is InChI=1S/C17H24N4O.ClH/c1-4-18-13(2)10-19-17(22)16-11-20-21(14(16)3)12-15-8-6-5-7-9-15;/h5-9,11,13,18H,4,10,12H2,1-3H3,(H,19,22);1H/t13-;/m1./s1. The number of likely N-dealkylation sites (N-methyl/N-ethyl adjacent to an activating group) is 1. The molecule has 5 nitrogen and oxygen atoms in total. The fourth-order valence-electron chi connectivity index (χ4n) is 2.35. The summed E-state index contributed by atoms with van der Waals surface area (Å²) in [5.74, 6) is -0.0680. The minimum atomic E-state index is -0.0680. The third-order valence-electron chi connectivity index (χ3n) is 3.64.